The predicted octanol–water partition coefficient (Wildman–Crippen LogP) is 1.18. The van der Waals surface area contributed by atoms with E-state index in [1.807, 2.05) is 6.92 Å². The van der Waals surface area contributed by atoms with Crippen molar-refractivity contribution >= 4 is 45.1 Å². The topological polar surface area (TPSA) is 140 Å². The van der Waals surface area contributed by atoms with E-state index in [-0.39, 0.29) is 22.6 Å². The smallest absolute Gasteiger partial charge is 0.338 e. The monoisotopic (exact) mass is 582 g/mol. The number of hydrogen-bond donors (Lipinski definition) is 2. The van der Waals surface area contributed by atoms with Gasteiger partial charge in [0.2, 0.25) is 5.72 Å². The van der Waals surface area contributed by atoms with Gasteiger partial charge in [-0.3, -0.25) is 28.4 Å². The number of aliphatic hydroxyl groups is 1. The summed E-state index contributed by atoms with van der Waals surface area (Å²) in [6.45, 7) is 1.82. The molecule has 3 heterocycles. The molecule has 3 unspecified atom stereocenters. The number of carbonyl (C=O) groups is 3. The second kappa shape index (κ2) is 8.50. The number of esters is 1. The Kier molecular flexibility index (Phi) is 5.73. The molecule has 2 bridgehead atoms. The van der Waals surface area contributed by atoms with Crippen LogP contribution in [-0.2, 0) is 34.0 Å². The molecule has 0 radical (unpaired) electrons. The van der Waals surface area contributed by atoms with E-state index in [1.54, 1.807) is 24.3 Å². The Morgan fingerprint density at radius 3 is 2.18 bits per heavy atom. The van der Waals surface area contributed by atoms with Crippen molar-refractivity contribution in [2.45, 2.75) is 18.2 Å². The van der Waals surface area contributed by atoms with Crippen LogP contribution in [0.25, 0.3) is 0 Å². The molecule has 1 aromatic heterocycles. The summed E-state index contributed by atoms with van der Waals surface area (Å²) in [7, 11) is 3.59. The molecule has 11 nitrogen and oxygen atoms in total. The molecule has 12 heteroatoms. The lowest BCUT2D eigenvalue weighted by Crippen LogP contribution is -2.64. The average molecular weight is 583 g/mol. The standard InChI is InChI=1S/C26H23BrN4O7/c1-13-5-11-16(12-6-13)31-22(34)26(37)19(18(32)14-7-9-15(27)10-8-14)25(31,23(35)38-4)17-20(28-26)29(2)24(36)30(3)21(17)33/h5-12,19,28,37H,1-4H3. The van der Waals surface area contributed by atoms with Crippen molar-refractivity contribution in [1.82, 2.24) is 9.13 Å². The number of halogens is 1. The van der Waals surface area contributed by atoms with Crippen LogP contribution >= 0.6 is 15.9 Å². The molecule has 0 aliphatic carbocycles. The van der Waals surface area contributed by atoms with E-state index < -0.39 is 46.1 Å². The van der Waals surface area contributed by atoms with Crippen LogP contribution in [0.15, 0.2) is 62.6 Å². The third kappa shape index (κ3) is 3.13. The molecule has 2 N–H and O–H groups in total. The first-order valence-electron chi connectivity index (χ1n) is 11.5. The molecular weight excluding hydrogens is 560 g/mol. The maximum atomic E-state index is 14.2. The average Bonchev–Trinajstić information content (AvgIpc) is 3.04. The van der Waals surface area contributed by atoms with E-state index in [0.29, 0.717) is 4.47 Å². The van der Waals surface area contributed by atoms with Crippen molar-refractivity contribution < 1.29 is 24.2 Å². The second-order valence-corrected chi connectivity index (χ2v) is 10.3. The number of anilines is 2. The van der Waals surface area contributed by atoms with Crippen molar-refractivity contribution in [1.29, 1.82) is 0 Å². The Morgan fingerprint density at radius 2 is 1.61 bits per heavy atom. The SMILES string of the molecule is COC(=O)C12c3c(n(C)c(=O)n(C)c3=O)NC(O)(C(=O)N1c1ccc(C)cc1)C2C(=O)c1ccc(Br)cc1. The number of carbonyl (C=O) groups excluding carboxylic acids is 3. The van der Waals surface area contributed by atoms with Crippen molar-refractivity contribution in [2.24, 2.45) is 20.0 Å². The van der Waals surface area contributed by atoms with E-state index in [0.717, 1.165) is 26.7 Å². The molecule has 38 heavy (non-hydrogen) atoms. The number of nitrogens with one attached hydrogen (secondary N) is 1. The van der Waals surface area contributed by atoms with Crippen molar-refractivity contribution in [3.8, 4) is 0 Å². The molecule has 3 atom stereocenters. The lowest BCUT2D eigenvalue weighted by atomic mass is 9.69. The Balaban J connectivity index is 1.97. The number of fused-ring (bicyclic) bond motifs is 4. The van der Waals surface area contributed by atoms with Crippen LogP contribution in [0.3, 0.4) is 0 Å². The number of amides is 1. The zero-order valence-electron chi connectivity index (χ0n) is 20.8. The Morgan fingerprint density at radius 1 is 1.00 bits per heavy atom. The number of hydrogen-bond acceptors (Lipinski definition) is 8. The number of aryl methyl sites for hydroxylation is 1. The fraction of sp³-hybridized carbons (Fsp3) is 0.269. The van der Waals surface area contributed by atoms with E-state index in [2.05, 4.69) is 21.2 Å². The molecule has 2 aromatic carbocycles. The van der Waals surface area contributed by atoms with Gasteiger partial charge in [0.15, 0.2) is 11.3 Å². The Bertz CT molecular complexity index is 1640. The third-order valence-electron chi connectivity index (χ3n) is 7.25. The summed E-state index contributed by atoms with van der Waals surface area (Å²) in [6, 6.07) is 12.6. The van der Waals surface area contributed by atoms with Gasteiger partial charge in [-0.2, -0.15) is 0 Å². The maximum absolute atomic E-state index is 14.2. The molecule has 1 amide bonds. The van der Waals surface area contributed by atoms with Crippen LogP contribution in [0.1, 0.15) is 21.5 Å². The number of methoxy groups -OCH3 is 1. The Hall–Kier alpha value is -4.03. The predicted molar refractivity (Wildman–Crippen MR) is 140 cm³/mol. The lowest BCUT2D eigenvalue weighted by Gasteiger charge is -2.43. The number of ether oxygens (including phenoxy) is 1. The van der Waals surface area contributed by atoms with Gasteiger partial charge in [0, 0.05) is 29.8 Å². The fourth-order valence-corrected chi connectivity index (χ4v) is 5.69. The number of Topliss-reactive ketones (excluding diaryl/α,β-unsaturated/α-hetero) is 1. The quantitative estimate of drug-likeness (QED) is 0.345. The summed E-state index contributed by atoms with van der Waals surface area (Å²) in [6.07, 6.45) is 0. The highest BCUT2D eigenvalue weighted by Crippen LogP contribution is 2.56. The van der Waals surface area contributed by atoms with Crippen LogP contribution in [-0.4, -0.2) is 44.7 Å². The minimum atomic E-state index is -2.72. The molecule has 3 aromatic rings. The highest BCUT2D eigenvalue weighted by atomic mass is 79.9. The maximum Gasteiger partial charge on any atom is 0.338 e. The molecular formula is C26H23BrN4O7. The number of rotatable bonds is 4. The van der Waals surface area contributed by atoms with Crippen LogP contribution < -0.4 is 21.5 Å². The Labute approximate surface area is 224 Å². The minimum absolute atomic E-state index is 0.0790. The number of nitrogens with zero attached hydrogens (tertiary/aromatic N) is 3. The summed E-state index contributed by atoms with van der Waals surface area (Å²) in [5.74, 6) is -5.12. The molecule has 5 rings (SSSR count). The van der Waals surface area contributed by atoms with E-state index in [9.17, 15) is 29.1 Å². The van der Waals surface area contributed by atoms with Gasteiger partial charge >= 0.3 is 11.7 Å². The summed E-state index contributed by atoms with van der Waals surface area (Å²) in [5.41, 5.74) is -6.18. The van der Waals surface area contributed by atoms with Gasteiger partial charge in [0.25, 0.3) is 11.5 Å². The van der Waals surface area contributed by atoms with Crippen LogP contribution in [0.4, 0.5) is 11.5 Å². The van der Waals surface area contributed by atoms with E-state index >= 15 is 0 Å². The van der Waals surface area contributed by atoms with Gasteiger partial charge in [0.05, 0.1) is 12.7 Å². The normalized spacial score (nSPS) is 23.6. The molecule has 1 fully saturated rings. The van der Waals surface area contributed by atoms with Crippen LogP contribution in [0.2, 0.25) is 0 Å². The first-order valence-corrected chi connectivity index (χ1v) is 12.3. The van der Waals surface area contributed by atoms with Crippen molar-refractivity contribution in [3.05, 3.63) is 90.5 Å². The lowest BCUT2D eigenvalue weighted by molar-refractivity contribution is -0.150. The zero-order valence-corrected chi connectivity index (χ0v) is 22.4. The van der Waals surface area contributed by atoms with Gasteiger partial charge in [-0.05, 0) is 31.2 Å². The van der Waals surface area contributed by atoms with Crippen molar-refractivity contribution in [3.63, 3.8) is 0 Å². The van der Waals surface area contributed by atoms with Crippen molar-refractivity contribution in [2.75, 3.05) is 17.3 Å². The molecule has 1 saturated heterocycles. The fourth-order valence-electron chi connectivity index (χ4n) is 5.42. The molecule has 2 aliphatic rings. The second-order valence-electron chi connectivity index (χ2n) is 9.36. The minimum Gasteiger partial charge on any atom is -0.467 e. The highest BCUT2D eigenvalue weighted by molar-refractivity contribution is 9.10. The number of ketones is 1. The van der Waals surface area contributed by atoms with Gasteiger partial charge in [0.1, 0.15) is 11.7 Å². The first kappa shape index (κ1) is 25.6. The number of aromatic nitrogens is 2. The van der Waals surface area contributed by atoms with Crippen LogP contribution in [0.5, 0.6) is 0 Å². The molecule has 0 saturated carbocycles. The molecule has 196 valence electrons. The third-order valence-corrected chi connectivity index (χ3v) is 7.78. The largest absolute Gasteiger partial charge is 0.467 e. The number of benzene rings is 2. The van der Waals surface area contributed by atoms with E-state index in [4.69, 9.17) is 4.74 Å². The summed E-state index contributed by atoms with van der Waals surface area (Å²) < 4.78 is 7.62. The highest BCUT2D eigenvalue weighted by Gasteiger charge is 2.78. The zero-order chi connectivity index (χ0) is 27.7. The first-order chi connectivity index (χ1) is 17.9. The van der Waals surface area contributed by atoms with Gasteiger partial charge in [-0.25, -0.2) is 9.59 Å². The van der Waals surface area contributed by atoms with Crippen LogP contribution in [0, 0.1) is 12.8 Å². The van der Waals surface area contributed by atoms with Gasteiger partial charge < -0.3 is 15.2 Å². The summed E-state index contributed by atoms with van der Waals surface area (Å²) in [5, 5.41) is 14.6. The molecule has 0 spiro atoms. The molecule has 2 aliphatic heterocycles. The summed E-state index contributed by atoms with van der Waals surface area (Å²) in [4.78, 5) is 69.7. The van der Waals surface area contributed by atoms with Gasteiger partial charge in [-0.15, -0.1) is 0 Å². The van der Waals surface area contributed by atoms with Gasteiger partial charge in [-0.1, -0.05) is 45.8 Å². The van der Waals surface area contributed by atoms with E-state index in [1.165, 1.54) is 38.4 Å². The summed E-state index contributed by atoms with van der Waals surface area (Å²) >= 11 is 3.31.